The number of carbonyl (C=O) groups excluding carboxylic acids is 2. The largest absolute Gasteiger partial charge is 0.489 e. The molecule has 1 aliphatic heterocycles. The number of rotatable bonds is 12. The van der Waals surface area contributed by atoms with Gasteiger partial charge in [-0.3, -0.25) is 14.6 Å². The zero-order valence-corrected chi connectivity index (χ0v) is 30.5. The lowest BCUT2D eigenvalue weighted by atomic mass is 10.1. The maximum atomic E-state index is 13.9. The molecule has 1 aliphatic rings. The fraction of sp³-hybridized carbons (Fsp3) is 0.150. The van der Waals surface area contributed by atoms with Gasteiger partial charge in [0.1, 0.15) is 12.4 Å². The van der Waals surface area contributed by atoms with Gasteiger partial charge in [0.2, 0.25) is 11.0 Å². The first-order chi connectivity index (χ1) is 25.4. The van der Waals surface area contributed by atoms with E-state index in [-0.39, 0.29) is 13.2 Å². The van der Waals surface area contributed by atoms with Crippen molar-refractivity contribution in [2.45, 2.75) is 29.3 Å². The van der Waals surface area contributed by atoms with E-state index in [2.05, 4.69) is 5.32 Å². The van der Waals surface area contributed by atoms with Crippen LogP contribution in [0.3, 0.4) is 0 Å². The molecule has 1 unspecified atom stereocenters. The van der Waals surface area contributed by atoms with Crippen LogP contribution >= 0.6 is 35.0 Å². The number of fused-ring (bicyclic) bond motifs is 1. The number of nitrogens with one attached hydrogen (secondary N) is 1. The van der Waals surface area contributed by atoms with Gasteiger partial charge in [0.25, 0.3) is 5.91 Å². The number of alkyl halides is 3. The SMILES string of the molecule is CN(C(=O)CNC(=O)/C=C/c1ccc(C(F)(F)F)cc1)N1c2ccc(OCc3ccccc3Cl)cc2SC1(OCc1ccccc1Cl)c1ccccc1. The summed E-state index contributed by atoms with van der Waals surface area (Å²) in [6.07, 6.45) is -1.95. The van der Waals surface area contributed by atoms with Crippen molar-refractivity contribution >= 4 is 58.5 Å². The number of hydrogen-bond donors (Lipinski definition) is 1. The van der Waals surface area contributed by atoms with Gasteiger partial charge >= 0.3 is 6.18 Å². The monoisotopic (exact) mass is 777 g/mol. The zero-order valence-electron chi connectivity index (χ0n) is 28.1. The van der Waals surface area contributed by atoms with E-state index < -0.39 is 35.2 Å². The van der Waals surface area contributed by atoms with E-state index in [1.807, 2.05) is 78.9 Å². The lowest BCUT2D eigenvalue weighted by molar-refractivity contribution is -0.137. The topological polar surface area (TPSA) is 71.1 Å². The Hall–Kier alpha value is -4.94. The third-order valence-corrected chi connectivity index (χ3v) is 10.4. The Morgan fingerprint density at radius 3 is 2.11 bits per heavy atom. The van der Waals surface area contributed by atoms with E-state index >= 15 is 0 Å². The van der Waals surface area contributed by atoms with Gasteiger partial charge in [-0.15, -0.1) is 0 Å². The maximum Gasteiger partial charge on any atom is 0.416 e. The van der Waals surface area contributed by atoms with Crippen LogP contribution in [0.1, 0.15) is 27.8 Å². The quantitative estimate of drug-likeness (QED) is 0.127. The van der Waals surface area contributed by atoms with Crippen molar-refractivity contribution in [2.75, 3.05) is 18.6 Å². The Labute approximate surface area is 318 Å². The first kappa shape index (κ1) is 37.8. The molecular weight excluding hydrogens is 746 g/mol. The van der Waals surface area contributed by atoms with Crippen molar-refractivity contribution in [1.29, 1.82) is 0 Å². The first-order valence-electron chi connectivity index (χ1n) is 16.3. The van der Waals surface area contributed by atoms with Crippen LogP contribution in [0.25, 0.3) is 6.08 Å². The summed E-state index contributed by atoms with van der Waals surface area (Å²) in [5, 5.41) is 5.50. The van der Waals surface area contributed by atoms with Crippen LogP contribution in [0, 0.1) is 0 Å². The number of halogens is 5. The molecule has 0 radical (unpaired) electrons. The maximum absolute atomic E-state index is 13.9. The predicted molar refractivity (Wildman–Crippen MR) is 201 cm³/mol. The first-order valence-corrected chi connectivity index (χ1v) is 17.8. The van der Waals surface area contributed by atoms with Gasteiger partial charge < -0.3 is 14.8 Å². The second-order valence-electron chi connectivity index (χ2n) is 11.8. The average molecular weight is 779 g/mol. The molecule has 0 bridgehead atoms. The summed E-state index contributed by atoms with van der Waals surface area (Å²) in [7, 11) is 1.58. The zero-order chi connectivity index (χ0) is 37.6. The van der Waals surface area contributed by atoms with Crippen molar-refractivity contribution in [3.05, 3.63) is 165 Å². The second kappa shape index (κ2) is 16.4. The van der Waals surface area contributed by atoms with Gasteiger partial charge in [-0.05, 0) is 59.7 Å². The Balaban J connectivity index is 1.27. The molecule has 6 rings (SSSR count). The van der Waals surface area contributed by atoms with Crippen LogP contribution in [0.4, 0.5) is 18.9 Å². The van der Waals surface area contributed by atoms with Gasteiger partial charge in [0, 0.05) is 39.2 Å². The highest BCUT2D eigenvalue weighted by Crippen LogP contribution is 2.58. The summed E-state index contributed by atoms with van der Waals surface area (Å²) in [6, 6.07) is 34.1. The van der Waals surface area contributed by atoms with Crippen LogP contribution in [0.2, 0.25) is 10.0 Å². The highest BCUT2D eigenvalue weighted by molar-refractivity contribution is 8.00. The van der Waals surface area contributed by atoms with E-state index in [1.165, 1.54) is 35.0 Å². The minimum Gasteiger partial charge on any atom is -0.489 e. The standard InChI is InChI=1S/C40H32Cl2F3N3O4S/c1-47(38(50)24-46-37(49)22-17-27-15-18-30(19-16-27)39(43,44)45)48-35-21-20-32(51-25-28-9-5-7-13-33(28)41)23-36(35)53-40(48,31-11-3-2-4-12-31)52-26-29-10-6-8-14-34(29)42/h2-23H,24-26H2,1H3,(H,46,49)/b22-17+. The number of nitrogens with zero attached hydrogens (tertiary/aromatic N) is 2. The van der Waals surface area contributed by atoms with Crippen molar-refractivity contribution in [3.8, 4) is 5.75 Å². The third kappa shape index (κ3) is 8.82. The molecule has 272 valence electrons. The molecule has 0 saturated heterocycles. The lowest BCUT2D eigenvalue weighted by Crippen LogP contribution is -2.56. The Bertz CT molecular complexity index is 2120. The normalized spacial score (nSPS) is 15.3. The van der Waals surface area contributed by atoms with E-state index in [9.17, 15) is 22.8 Å². The molecule has 0 aromatic heterocycles. The molecule has 13 heteroatoms. The number of hydrogen-bond acceptors (Lipinski definition) is 6. The Kier molecular flexibility index (Phi) is 11.7. The summed E-state index contributed by atoms with van der Waals surface area (Å²) < 4.78 is 51.7. The number of benzene rings is 5. The van der Waals surface area contributed by atoms with E-state index in [4.69, 9.17) is 32.7 Å². The number of amides is 2. The lowest BCUT2D eigenvalue weighted by Gasteiger charge is -2.43. The molecule has 0 aliphatic carbocycles. The molecule has 5 aromatic carbocycles. The summed E-state index contributed by atoms with van der Waals surface area (Å²) in [5.74, 6) is -0.505. The minimum atomic E-state index is -4.47. The number of thioether (sulfide) groups is 1. The smallest absolute Gasteiger partial charge is 0.416 e. The van der Waals surface area contributed by atoms with E-state index in [0.29, 0.717) is 27.0 Å². The Morgan fingerprint density at radius 1 is 0.849 bits per heavy atom. The highest BCUT2D eigenvalue weighted by atomic mass is 35.5. The molecule has 7 nitrogen and oxygen atoms in total. The van der Waals surface area contributed by atoms with Gasteiger partial charge in [-0.25, -0.2) is 5.01 Å². The van der Waals surface area contributed by atoms with Gasteiger partial charge in [0.05, 0.1) is 24.4 Å². The molecule has 0 spiro atoms. The second-order valence-corrected chi connectivity index (χ2v) is 13.9. The van der Waals surface area contributed by atoms with Crippen LogP contribution in [0.15, 0.2) is 132 Å². The van der Waals surface area contributed by atoms with Crippen molar-refractivity contribution in [3.63, 3.8) is 0 Å². The summed E-state index contributed by atoms with van der Waals surface area (Å²) in [5.41, 5.74) is 2.54. The summed E-state index contributed by atoms with van der Waals surface area (Å²) >= 11 is 14.3. The number of ether oxygens (including phenoxy) is 2. The Morgan fingerprint density at radius 2 is 1.47 bits per heavy atom. The van der Waals surface area contributed by atoms with E-state index in [0.717, 1.165) is 39.8 Å². The van der Waals surface area contributed by atoms with Gasteiger partial charge in [-0.2, -0.15) is 13.2 Å². The summed E-state index contributed by atoms with van der Waals surface area (Å²) in [6.45, 7) is -0.0574. The van der Waals surface area contributed by atoms with Crippen LogP contribution in [-0.4, -0.2) is 30.4 Å². The number of likely N-dealkylation sites (N-methyl/N-ethyl adjacent to an activating group) is 1. The fourth-order valence-electron chi connectivity index (χ4n) is 5.53. The molecular formula is C40H32Cl2F3N3O4S. The van der Waals surface area contributed by atoms with Crippen LogP contribution < -0.4 is 15.1 Å². The highest BCUT2D eigenvalue weighted by Gasteiger charge is 2.51. The van der Waals surface area contributed by atoms with Gasteiger partial charge in [-0.1, -0.05) is 114 Å². The average Bonchev–Trinajstić information content (AvgIpc) is 3.49. The minimum absolute atomic E-state index is 0.0927. The van der Waals surface area contributed by atoms with Crippen molar-refractivity contribution in [2.24, 2.45) is 0 Å². The number of hydrazine groups is 1. The number of carbonyl (C=O) groups is 2. The summed E-state index contributed by atoms with van der Waals surface area (Å²) in [4.78, 5) is 27.4. The van der Waals surface area contributed by atoms with E-state index in [1.54, 1.807) is 30.3 Å². The van der Waals surface area contributed by atoms with Crippen LogP contribution in [0.5, 0.6) is 5.75 Å². The molecule has 0 fully saturated rings. The molecule has 2 amide bonds. The molecule has 1 N–H and O–H groups in total. The molecule has 53 heavy (non-hydrogen) atoms. The van der Waals surface area contributed by atoms with Crippen LogP contribution in [-0.2, 0) is 38.8 Å². The molecule has 0 saturated carbocycles. The van der Waals surface area contributed by atoms with Crippen molar-refractivity contribution < 1.29 is 32.2 Å². The third-order valence-electron chi connectivity index (χ3n) is 8.30. The molecule has 5 aromatic rings. The predicted octanol–water partition coefficient (Wildman–Crippen LogP) is 9.73. The molecule has 1 heterocycles. The molecule has 1 atom stereocenters. The fourth-order valence-corrected chi connectivity index (χ4v) is 7.32. The van der Waals surface area contributed by atoms with Gasteiger partial charge in [0.15, 0.2) is 0 Å². The van der Waals surface area contributed by atoms with Crippen molar-refractivity contribution in [1.82, 2.24) is 10.3 Å². The number of anilines is 1.